The molecule has 0 fully saturated rings. The first-order chi connectivity index (χ1) is 17.1. The lowest BCUT2D eigenvalue weighted by Crippen LogP contribution is -2.07. The zero-order chi connectivity index (χ0) is 25.7. The molecule has 35 heavy (non-hydrogen) atoms. The molecule has 0 aromatic heterocycles. The van der Waals surface area contributed by atoms with Crippen molar-refractivity contribution in [3.05, 3.63) is 0 Å². The molecule has 0 spiro atoms. The molecule has 0 rings (SSSR count). The Balaban J connectivity index is 3.03. The van der Waals surface area contributed by atoms with Gasteiger partial charge in [0.2, 0.25) is 0 Å². The second kappa shape index (κ2) is 30.4. The number of hydrogen-bond donors (Lipinski definition) is 0. The van der Waals surface area contributed by atoms with Crippen LogP contribution in [0.25, 0.3) is 0 Å². The van der Waals surface area contributed by atoms with Crippen LogP contribution in [0, 0.1) is 0 Å². The first kappa shape index (κ1) is 36.8. The van der Waals surface area contributed by atoms with Gasteiger partial charge in [-0.25, -0.2) is 0 Å². The van der Waals surface area contributed by atoms with Crippen LogP contribution in [0.4, 0.5) is 0 Å². The summed E-state index contributed by atoms with van der Waals surface area (Å²) in [4.78, 5) is 0. The van der Waals surface area contributed by atoms with Crippen molar-refractivity contribution in [2.75, 3.05) is 4.43 Å². The maximum Gasteiger partial charge on any atom is 0.341 e. The fraction of sp³-hybridized carbons (Fsp3) is 1.00. The molecule has 0 aromatic carbocycles. The Bertz CT molecular complexity index is 390. The highest BCUT2D eigenvalue weighted by molar-refractivity contribution is 14.1. The summed E-state index contributed by atoms with van der Waals surface area (Å²) in [6.45, 7) is 0. The van der Waals surface area contributed by atoms with Gasteiger partial charge in [0.05, 0.1) is 0 Å². The number of hydrogen-bond acceptors (Lipinski definition) is 0. The van der Waals surface area contributed by atoms with E-state index in [0.29, 0.717) is 0 Å². The summed E-state index contributed by atoms with van der Waals surface area (Å²) in [5.41, 5.74) is 0. The standard InChI is InChI=1S/C30H60Cl3ISi/c31-35(32,33)30-28-26-24-22-20-18-16-14-12-10-8-6-4-2-1-3-5-7-9-11-13-15-17-19-21-23-25-27-29-34/h1-30H2. The van der Waals surface area contributed by atoms with E-state index in [1.165, 1.54) is 178 Å². The van der Waals surface area contributed by atoms with Gasteiger partial charge in [0.1, 0.15) is 0 Å². The summed E-state index contributed by atoms with van der Waals surface area (Å²) in [5, 5.41) is 0. The minimum atomic E-state index is -2.36. The summed E-state index contributed by atoms with van der Waals surface area (Å²) in [6.07, 6.45) is 40.1. The summed E-state index contributed by atoms with van der Waals surface area (Å²) in [5.74, 6) is 0. The van der Waals surface area contributed by atoms with Gasteiger partial charge < -0.3 is 0 Å². The zero-order valence-corrected chi connectivity index (χ0v) is 28.7. The van der Waals surface area contributed by atoms with Crippen molar-refractivity contribution in [2.45, 2.75) is 186 Å². The molecule has 0 aliphatic carbocycles. The summed E-state index contributed by atoms with van der Waals surface area (Å²) in [6, 6.07) is -1.53. The third-order valence-electron chi connectivity index (χ3n) is 7.34. The molecule has 0 unspecified atom stereocenters. The molecule has 0 nitrogen and oxygen atoms in total. The Labute approximate surface area is 250 Å². The van der Waals surface area contributed by atoms with Crippen molar-refractivity contribution in [2.24, 2.45) is 0 Å². The van der Waals surface area contributed by atoms with E-state index in [2.05, 4.69) is 22.6 Å². The molecule has 5 heteroatoms. The lowest BCUT2D eigenvalue weighted by atomic mass is 10.0. The van der Waals surface area contributed by atoms with Crippen LogP contribution >= 0.6 is 55.8 Å². The summed E-state index contributed by atoms with van der Waals surface area (Å²) >= 11 is 20.3. The fourth-order valence-corrected chi connectivity index (χ4v) is 7.41. The molecule has 0 N–H and O–H groups in total. The Kier molecular flexibility index (Phi) is 31.9. The SMILES string of the molecule is Cl[Si](Cl)(Cl)CCCCCCCCCCCCCCCCCCCCCCCCCCCCCCI. The highest BCUT2D eigenvalue weighted by Crippen LogP contribution is 2.27. The normalized spacial score (nSPS) is 12.0. The second-order valence-electron chi connectivity index (χ2n) is 11.0. The van der Waals surface area contributed by atoms with Crippen molar-refractivity contribution >= 4 is 61.8 Å². The van der Waals surface area contributed by atoms with Crippen molar-refractivity contribution in [3.8, 4) is 0 Å². The summed E-state index contributed by atoms with van der Waals surface area (Å²) in [7, 11) is 0. The van der Waals surface area contributed by atoms with E-state index in [-0.39, 0.29) is 0 Å². The third-order valence-corrected chi connectivity index (χ3v) is 10.7. The van der Waals surface area contributed by atoms with E-state index in [4.69, 9.17) is 33.2 Å². The minimum Gasteiger partial charge on any atom is -0.126 e. The number of rotatable bonds is 30. The van der Waals surface area contributed by atoms with E-state index in [0.717, 1.165) is 12.5 Å². The van der Waals surface area contributed by atoms with E-state index in [1.54, 1.807) is 0 Å². The van der Waals surface area contributed by atoms with Crippen molar-refractivity contribution in [3.63, 3.8) is 0 Å². The Morgan fingerprint density at radius 2 is 0.457 bits per heavy atom. The van der Waals surface area contributed by atoms with Crippen molar-refractivity contribution in [1.82, 2.24) is 0 Å². The molecule has 0 saturated heterocycles. The van der Waals surface area contributed by atoms with Crippen LogP contribution in [0.15, 0.2) is 0 Å². The fourth-order valence-electron chi connectivity index (χ4n) is 5.02. The molecular weight excluding hydrogens is 622 g/mol. The number of unbranched alkanes of at least 4 members (excludes halogenated alkanes) is 27. The molecular formula is C30H60Cl3ISi. The Morgan fingerprint density at radius 3 is 0.629 bits per heavy atom. The van der Waals surface area contributed by atoms with Crippen LogP contribution in [0.1, 0.15) is 180 Å². The highest BCUT2D eigenvalue weighted by Gasteiger charge is 2.23. The van der Waals surface area contributed by atoms with Crippen LogP contribution in [-0.2, 0) is 0 Å². The van der Waals surface area contributed by atoms with Crippen molar-refractivity contribution < 1.29 is 0 Å². The molecule has 0 aliphatic rings. The average Bonchev–Trinajstić information content (AvgIpc) is 2.82. The number of alkyl halides is 1. The Morgan fingerprint density at radius 1 is 0.286 bits per heavy atom. The molecule has 212 valence electrons. The van der Waals surface area contributed by atoms with Gasteiger partial charge in [-0.1, -0.05) is 196 Å². The van der Waals surface area contributed by atoms with Crippen LogP contribution < -0.4 is 0 Å². The Hall–Kier alpha value is 1.82. The van der Waals surface area contributed by atoms with Crippen molar-refractivity contribution in [1.29, 1.82) is 0 Å². The van der Waals surface area contributed by atoms with E-state index < -0.39 is 6.00 Å². The van der Waals surface area contributed by atoms with Gasteiger partial charge >= 0.3 is 6.00 Å². The maximum absolute atomic E-state index is 5.92. The maximum atomic E-state index is 5.92. The molecule has 0 aliphatic heterocycles. The van der Waals surface area contributed by atoms with Gasteiger partial charge in [0, 0.05) is 0 Å². The molecule has 0 bridgehead atoms. The summed E-state index contributed by atoms with van der Waals surface area (Å²) < 4.78 is 1.34. The molecule has 0 aromatic rings. The average molecular weight is 682 g/mol. The zero-order valence-electron chi connectivity index (χ0n) is 23.2. The third kappa shape index (κ3) is 35.8. The molecule has 0 heterocycles. The smallest absolute Gasteiger partial charge is 0.126 e. The molecule has 0 amide bonds. The quantitative estimate of drug-likeness (QED) is 0.0233. The molecule has 0 saturated carbocycles. The van der Waals surface area contributed by atoms with Gasteiger partial charge in [-0.3, -0.25) is 0 Å². The van der Waals surface area contributed by atoms with Gasteiger partial charge in [-0.2, -0.15) is 0 Å². The predicted octanol–water partition coefficient (Wildman–Crippen LogP) is 14.0. The second-order valence-corrected chi connectivity index (χ2v) is 21.3. The van der Waals surface area contributed by atoms with Crippen LogP contribution in [0.3, 0.4) is 0 Å². The van der Waals surface area contributed by atoms with Gasteiger partial charge in [0.25, 0.3) is 0 Å². The first-order valence-corrected chi connectivity index (χ1v) is 22.5. The van der Waals surface area contributed by atoms with Gasteiger partial charge in [-0.15, -0.1) is 33.2 Å². The molecule has 0 atom stereocenters. The topological polar surface area (TPSA) is 0 Å². The largest absolute Gasteiger partial charge is 0.341 e. The highest BCUT2D eigenvalue weighted by atomic mass is 127. The molecule has 0 radical (unpaired) electrons. The lowest BCUT2D eigenvalue weighted by molar-refractivity contribution is 0.514. The number of halogens is 4. The van der Waals surface area contributed by atoms with Crippen LogP contribution in [-0.4, -0.2) is 10.4 Å². The monoisotopic (exact) mass is 680 g/mol. The van der Waals surface area contributed by atoms with Crippen LogP contribution in [0.2, 0.25) is 6.04 Å². The van der Waals surface area contributed by atoms with E-state index in [9.17, 15) is 0 Å². The first-order valence-electron chi connectivity index (χ1n) is 15.7. The van der Waals surface area contributed by atoms with Crippen LogP contribution in [0.5, 0.6) is 0 Å². The minimum absolute atomic E-state index is 0.830. The van der Waals surface area contributed by atoms with Gasteiger partial charge in [-0.05, 0) is 16.9 Å². The van der Waals surface area contributed by atoms with E-state index >= 15 is 0 Å². The van der Waals surface area contributed by atoms with Gasteiger partial charge in [0.15, 0.2) is 0 Å². The van der Waals surface area contributed by atoms with E-state index in [1.807, 2.05) is 0 Å². The predicted molar refractivity (Wildman–Crippen MR) is 176 cm³/mol. The lowest BCUT2D eigenvalue weighted by Gasteiger charge is -2.07.